The maximum absolute atomic E-state index is 12.2. The van der Waals surface area contributed by atoms with E-state index in [0.717, 1.165) is 0 Å². The average molecular weight is 391 g/mol. The number of hydrogen-bond donors (Lipinski definition) is 2. The Morgan fingerprint density at radius 2 is 1.61 bits per heavy atom. The first-order chi connectivity index (χ1) is 13.2. The molecule has 2 N–H and O–H groups in total. The van der Waals surface area contributed by atoms with Crippen LogP contribution in [0, 0.1) is 5.92 Å². The maximum atomic E-state index is 12.2. The highest BCUT2D eigenvalue weighted by Gasteiger charge is 2.17. The van der Waals surface area contributed by atoms with Crippen molar-refractivity contribution in [3.8, 4) is 0 Å². The maximum Gasteiger partial charge on any atom is 0.306 e. The first kappa shape index (κ1) is 23.1. The van der Waals surface area contributed by atoms with Crippen LogP contribution in [0.1, 0.15) is 40.5 Å². The number of benzene rings is 1. The number of rotatable bonds is 10. The van der Waals surface area contributed by atoms with Crippen molar-refractivity contribution >= 4 is 35.1 Å². The summed E-state index contributed by atoms with van der Waals surface area (Å²) < 4.78 is 4.99. The van der Waals surface area contributed by atoms with Gasteiger partial charge in [-0.2, -0.15) is 0 Å². The minimum Gasteiger partial charge on any atom is -0.456 e. The lowest BCUT2D eigenvalue weighted by molar-refractivity contribution is -0.152. The van der Waals surface area contributed by atoms with Crippen molar-refractivity contribution in [1.29, 1.82) is 0 Å². The summed E-state index contributed by atoms with van der Waals surface area (Å²) in [5.41, 5.74) is 1.16. The van der Waals surface area contributed by atoms with Crippen molar-refractivity contribution in [2.24, 2.45) is 5.92 Å². The SMILES string of the molecule is CCN(CC(=O)Nc1ccc(NC(C)=O)cc1)C(=O)COC(=O)CCC(C)C. The van der Waals surface area contributed by atoms with Gasteiger partial charge < -0.3 is 20.3 Å². The molecule has 0 bridgehead atoms. The van der Waals surface area contributed by atoms with Crippen LogP contribution >= 0.6 is 0 Å². The number of esters is 1. The average Bonchev–Trinajstić information content (AvgIpc) is 2.63. The molecule has 1 aromatic carbocycles. The van der Waals surface area contributed by atoms with Crippen molar-refractivity contribution in [3.05, 3.63) is 24.3 Å². The van der Waals surface area contributed by atoms with Gasteiger partial charge in [0.15, 0.2) is 6.61 Å². The van der Waals surface area contributed by atoms with Gasteiger partial charge >= 0.3 is 5.97 Å². The Labute approximate surface area is 165 Å². The van der Waals surface area contributed by atoms with E-state index in [1.54, 1.807) is 31.2 Å². The van der Waals surface area contributed by atoms with Gasteiger partial charge in [-0.25, -0.2) is 0 Å². The summed E-state index contributed by atoms with van der Waals surface area (Å²) in [6.45, 7) is 6.96. The molecule has 0 aliphatic carbocycles. The third-order valence-corrected chi connectivity index (χ3v) is 3.84. The molecule has 8 heteroatoms. The summed E-state index contributed by atoms with van der Waals surface area (Å²) >= 11 is 0. The second kappa shape index (κ2) is 11.7. The summed E-state index contributed by atoms with van der Waals surface area (Å²) in [5, 5.41) is 5.32. The van der Waals surface area contributed by atoms with Crippen molar-refractivity contribution in [3.63, 3.8) is 0 Å². The molecule has 0 saturated carbocycles. The Hall–Kier alpha value is -2.90. The van der Waals surface area contributed by atoms with Gasteiger partial charge in [0.25, 0.3) is 5.91 Å². The van der Waals surface area contributed by atoms with E-state index >= 15 is 0 Å². The zero-order valence-electron chi connectivity index (χ0n) is 16.9. The predicted molar refractivity (Wildman–Crippen MR) is 107 cm³/mol. The highest BCUT2D eigenvalue weighted by molar-refractivity contribution is 5.95. The number of ether oxygens (including phenoxy) is 1. The quantitative estimate of drug-likeness (QED) is 0.596. The number of hydrogen-bond acceptors (Lipinski definition) is 5. The van der Waals surface area contributed by atoms with E-state index in [2.05, 4.69) is 10.6 Å². The van der Waals surface area contributed by atoms with Crippen LogP contribution in [0.4, 0.5) is 11.4 Å². The molecular weight excluding hydrogens is 362 g/mol. The molecule has 1 rings (SSSR count). The second-order valence-corrected chi connectivity index (χ2v) is 6.81. The van der Waals surface area contributed by atoms with Crippen LogP contribution in [-0.4, -0.2) is 48.3 Å². The zero-order valence-corrected chi connectivity index (χ0v) is 16.9. The summed E-state index contributed by atoms with van der Waals surface area (Å²) in [4.78, 5) is 48.3. The molecule has 3 amide bonds. The van der Waals surface area contributed by atoms with Crippen molar-refractivity contribution < 1.29 is 23.9 Å². The van der Waals surface area contributed by atoms with Crippen LogP contribution in [0.3, 0.4) is 0 Å². The molecule has 0 aliphatic heterocycles. The second-order valence-electron chi connectivity index (χ2n) is 6.81. The van der Waals surface area contributed by atoms with Gasteiger partial charge in [0.1, 0.15) is 0 Å². The van der Waals surface area contributed by atoms with E-state index in [1.807, 2.05) is 13.8 Å². The van der Waals surface area contributed by atoms with E-state index in [-0.39, 0.29) is 31.4 Å². The molecular formula is C20H29N3O5. The van der Waals surface area contributed by atoms with Crippen LogP contribution in [0.15, 0.2) is 24.3 Å². The molecule has 154 valence electrons. The normalized spacial score (nSPS) is 10.3. The molecule has 0 aromatic heterocycles. The van der Waals surface area contributed by atoms with Crippen LogP contribution in [0.5, 0.6) is 0 Å². The number of nitrogens with one attached hydrogen (secondary N) is 2. The van der Waals surface area contributed by atoms with E-state index in [0.29, 0.717) is 30.3 Å². The molecule has 0 radical (unpaired) electrons. The number of nitrogens with zero attached hydrogens (tertiary/aromatic N) is 1. The van der Waals surface area contributed by atoms with Gasteiger partial charge in [0.05, 0.1) is 6.54 Å². The number of carbonyl (C=O) groups excluding carboxylic acids is 4. The fourth-order valence-corrected chi connectivity index (χ4v) is 2.30. The Morgan fingerprint density at radius 3 is 2.11 bits per heavy atom. The molecule has 0 aliphatic rings. The zero-order chi connectivity index (χ0) is 21.1. The lowest BCUT2D eigenvalue weighted by atomic mass is 10.1. The summed E-state index contributed by atoms with van der Waals surface area (Å²) in [5.74, 6) is -1.00. The Kier molecular flexibility index (Phi) is 9.70. The smallest absolute Gasteiger partial charge is 0.306 e. The van der Waals surface area contributed by atoms with Crippen LogP contribution < -0.4 is 10.6 Å². The molecule has 0 unspecified atom stereocenters. The van der Waals surface area contributed by atoms with Gasteiger partial charge in [-0.15, -0.1) is 0 Å². The molecule has 1 aromatic rings. The monoisotopic (exact) mass is 391 g/mol. The minimum absolute atomic E-state index is 0.147. The highest BCUT2D eigenvalue weighted by atomic mass is 16.5. The van der Waals surface area contributed by atoms with Gasteiger partial charge in [0, 0.05) is 31.3 Å². The van der Waals surface area contributed by atoms with Gasteiger partial charge in [0.2, 0.25) is 11.8 Å². The fourth-order valence-electron chi connectivity index (χ4n) is 2.30. The first-order valence-electron chi connectivity index (χ1n) is 9.32. The molecule has 0 heterocycles. The molecule has 8 nitrogen and oxygen atoms in total. The Balaban J connectivity index is 2.47. The fraction of sp³-hybridized carbons (Fsp3) is 0.500. The lowest BCUT2D eigenvalue weighted by Gasteiger charge is -2.20. The van der Waals surface area contributed by atoms with Crippen molar-refractivity contribution in [1.82, 2.24) is 4.90 Å². The molecule has 0 atom stereocenters. The standard InChI is InChI=1S/C20H29N3O5/c1-5-23(19(26)13-28-20(27)11-6-14(2)3)12-18(25)22-17-9-7-16(8-10-17)21-15(4)24/h7-10,14H,5-6,11-13H2,1-4H3,(H,21,24)(H,22,25). The number of likely N-dealkylation sites (N-methyl/N-ethyl adjacent to an activating group) is 1. The lowest BCUT2D eigenvalue weighted by Crippen LogP contribution is -2.40. The van der Waals surface area contributed by atoms with E-state index in [1.165, 1.54) is 11.8 Å². The van der Waals surface area contributed by atoms with E-state index in [4.69, 9.17) is 4.74 Å². The van der Waals surface area contributed by atoms with Crippen LogP contribution in [0.25, 0.3) is 0 Å². The third-order valence-electron chi connectivity index (χ3n) is 3.84. The topological polar surface area (TPSA) is 105 Å². The molecule has 0 spiro atoms. The number of anilines is 2. The third kappa shape index (κ3) is 9.16. The number of amides is 3. The largest absolute Gasteiger partial charge is 0.456 e. The highest BCUT2D eigenvalue weighted by Crippen LogP contribution is 2.13. The molecule has 0 fully saturated rings. The van der Waals surface area contributed by atoms with Crippen LogP contribution in [0.2, 0.25) is 0 Å². The van der Waals surface area contributed by atoms with Crippen molar-refractivity contribution in [2.75, 3.05) is 30.3 Å². The van der Waals surface area contributed by atoms with Crippen molar-refractivity contribution in [2.45, 2.75) is 40.5 Å². The molecule has 28 heavy (non-hydrogen) atoms. The Bertz CT molecular complexity index is 686. The predicted octanol–water partition coefficient (Wildman–Crippen LogP) is 2.41. The Morgan fingerprint density at radius 1 is 1.04 bits per heavy atom. The van der Waals surface area contributed by atoms with Gasteiger partial charge in [-0.3, -0.25) is 19.2 Å². The summed E-state index contributed by atoms with van der Waals surface area (Å²) in [6.07, 6.45) is 0.972. The van der Waals surface area contributed by atoms with E-state index < -0.39 is 11.9 Å². The molecule has 0 saturated heterocycles. The van der Waals surface area contributed by atoms with E-state index in [9.17, 15) is 19.2 Å². The van der Waals surface area contributed by atoms with Gasteiger partial charge in [-0.1, -0.05) is 13.8 Å². The number of carbonyl (C=O) groups is 4. The van der Waals surface area contributed by atoms with Crippen LogP contribution in [-0.2, 0) is 23.9 Å². The minimum atomic E-state index is -0.420. The first-order valence-corrected chi connectivity index (χ1v) is 9.32. The summed E-state index contributed by atoms with van der Waals surface area (Å²) in [7, 11) is 0. The van der Waals surface area contributed by atoms with Gasteiger partial charge in [-0.05, 0) is 43.5 Å². The summed E-state index contributed by atoms with van der Waals surface area (Å²) in [6, 6.07) is 6.63.